The van der Waals surface area contributed by atoms with Gasteiger partial charge in [0.15, 0.2) is 0 Å². The van der Waals surface area contributed by atoms with Gasteiger partial charge in [0.05, 0.1) is 47.8 Å². The van der Waals surface area contributed by atoms with E-state index in [0.717, 1.165) is 63.3 Å². The standard InChI is InChI=1S/C29H27ClN4O2/c1-18-4-6-21(14-19(18)2)34-29-23-16-22(35-3)7-8-26(23)31-17-24(29)28(32-34)20-5-9-27(25(30)15-20)33-10-12-36-13-11-33/h4-9,14-17H,10-13H2,1-3H3. The lowest BCUT2D eigenvalue weighted by Gasteiger charge is -2.29. The summed E-state index contributed by atoms with van der Waals surface area (Å²) in [4.78, 5) is 7.03. The van der Waals surface area contributed by atoms with Crippen LogP contribution in [0.15, 0.2) is 60.8 Å². The number of rotatable bonds is 4. The molecule has 6 nitrogen and oxygen atoms in total. The fourth-order valence-electron chi connectivity index (χ4n) is 4.86. The van der Waals surface area contributed by atoms with Crippen molar-refractivity contribution < 1.29 is 9.47 Å². The van der Waals surface area contributed by atoms with Crippen LogP contribution in [-0.2, 0) is 4.74 Å². The van der Waals surface area contributed by atoms with Gasteiger partial charge in [-0.3, -0.25) is 4.98 Å². The van der Waals surface area contributed by atoms with Crippen molar-refractivity contribution in [2.45, 2.75) is 13.8 Å². The van der Waals surface area contributed by atoms with Crippen LogP contribution in [0.4, 0.5) is 5.69 Å². The minimum atomic E-state index is 0.707. The van der Waals surface area contributed by atoms with Crippen molar-refractivity contribution in [3.8, 4) is 22.7 Å². The number of aryl methyl sites for hydroxylation is 2. The van der Waals surface area contributed by atoms with E-state index in [1.807, 2.05) is 35.1 Å². The molecule has 1 fully saturated rings. The molecule has 1 saturated heterocycles. The fraction of sp³-hybridized carbons (Fsp3) is 0.241. The molecule has 0 saturated carbocycles. The first kappa shape index (κ1) is 22.8. The van der Waals surface area contributed by atoms with Gasteiger partial charge in [-0.25, -0.2) is 4.68 Å². The number of anilines is 1. The van der Waals surface area contributed by atoms with E-state index in [-0.39, 0.29) is 0 Å². The number of halogens is 1. The van der Waals surface area contributed by atoms with Crippen LogP contribution in [0.3, 0.4) is 0 Å². The van der Waals surface area contributed by atoms with E-state index < -0.39 is 0 Å². The predicted molar refractivity (Wildman–Crippen MR) is 146 cm³/mol. The van der Waals surface area contributed by atoms with Crippen molar-refractivity contribution >= 4 is 39.1 Å². The summed E-state index contributed by atoms with van der Waals surface area (Å²) >= 11 is 6.81. The summed E-state index contributed by atoms with van der Waals surface area (Å²) in [6.45, 7) is 7.34. The minimum absolute atomic E-state index is 0.707. The molecule has 0 amide bonds. The highest BCUT2D eigenvalue weighted by Gasteiger charge is 2.20. The molecule has 0 aliphatic carbocycles. The number of methoxy groups -OCH3 is 1. The first-order chi connectivity index (χ1) is 17.5. The normalized spacial score (nSPS) is 14.1. The summed E-state index contributed by atoms with van der Waals surface area (Å²) in [7, 11) is 1.68. The van der Waals surface area contributed by atoms with Crippen LogP contribution in [0.5, 0.6) is 5.75 Å². The van der Waals surface area contributed by atoms with Crippen molar-refractivity contribution in [3.63, 3.8) is 0 Å². The number of benzene rings is 3. The molecule has 0 unspecified atom stereocenters. The molecular weight excluding hydrogens is 472 g/mol. The van der Waals surface area contributed by atoms with E-state index in [1.54, 1.807) is 7.11 Å². The molecule has 1 aliphatic heterocycles. The van der Waals surface area contributed by atoms with Crippen molar-refractivity contribution in [1.82, 2.24) is 14.8 Å². The van der Waals surface area contributed by atoms with Crippen LogP contribution in [0.1, 0.15) is 11.1 Å². The maximum Gasteiger partial charge on any atom is 0.119 e. The zero-order valence-corrected chi connectivity index (χ0v) is 21.3. The van der Waals surface area contributed by atoms with Gasteiger partial charge < -0.3 is 14.4 Å². The lowest BCUT2D eigenvalue weighted by atomic mass is 10.1. The zero-order chi connectivity index (χ0) is 24.8. The first-order valence-electron chi connectivity index (χ1n) is 12.1. The summed E-state index contributed by atoms with van der Waals surface area (Å²) < 4.78 is 13.1. The van der Waals surface area contributed by atoms with E-state index in [9.17, 15) is 0 Å². The average molecular weight is 499 g/mol. The highest BCUT2D eigenvalue weighted by molar-refractivity contribution is 6.33. The van der Waals surface area contributed by atoms with Gasteiger partial charge in [-0.05, 0) is 67.4 Å². The van der Waals surface area contributed by atoms with Crippen LogP contribution < -0.4 is 9.64 Å². The van der Waals surface area contributed by atoms with Gasteiger partial charge in [0.25, 0.3) is 0 Å². The molecule has 7 heteroatoms. The minimum Gasteiger partial charge on any atom is -0.497 e. The van der Waals surface area contributed by atoms with Crippen molar-refractivity contribution in [3.05, 3.63) is 76.9 Å². The maximum atomic E-state index is 6.81. The van der Waals surface area contributed by atoms with E-state index in [1.165, 1.54) is 11.1 Å². The molecule has 0 N–H and O–H groups in total. The Morgan fingerprint density at radius 1 is 0.917 bits per heavy atom. The number of aromatic nitrogens is 3. The van der Waals surface area contributed by atoms with E-state index in [4.69, 9.17) is 31.2 Å². The fourth-order valence-corrected chi connectivity index (χ4v) is 5.16. The molecular formula is C29H27ClN4O2. The Hall–Kier alpha value is -3.61. The highest BCUT2D eigenvalue weighted by Crippen LogP contribution is 2.38. The highest BCUT2D eigenvalue weighted by atomic mass is 35.5. The van der Waals surface area contributed by atoms with Gasteiger partial charge in [0.1, 0.15) is 11.4 Å². The summed E-state index contributed by atoms with van der Waals surface area (Å²) in [5.74, 6) is 0.782. The quantitative estimate of drug-likeness (QED) is 0.289. The first-order valence-corrected chi connectivity index (χ1v) is 12.5. The van der Waals surface area contributed by atoms with Gasteiger partial charge >= 0.3 is 0 Å². The van der Waals surface area contributed by atoms with E-state index in [2.05, 4.69) is 49.1 Å². The number of fused-ring (bicyclic) bond motifs is 3. The molecule has 182 valence electrons. The van der Waals surface area contributed by atoms with Crippen molar-refractivity contribution in [2.75, 3.05) is 38.3 Å². The Labute approximate surface area is 215 Å². The van der Waals surface area contributed by atoms with E-state index >= 15 is 0 Å². The largest absolute Gasteiger partial charge is 0.497 e. The lowest BCUT2D eigenvalue weighted by Crippen LogP contribution is -2.36. The molecule has 3 heterocycles. The molecule has 2 aromatic heterocycles. The van der Waals surface area contributed by atoms with Crippen molar-refractivity contribution in [1.29, 1.82) is 0 Å². The molecule has 0 spiro atoms. The summed E-state index contributed by atoms with van der Waals surface area (Å²) in [6, 6.07) is 18.6. The van der Waals surface area contributed by atoms with Crippen LogP contribution >= 0.6 is 11.6 Å². The molecule has 3 aromatic carbocycles. The lowest BCUT2D eigenvalue weighted by molar-refractivity contribution is 0.122. The second-order valence-electron chi connectivity index (χ2n) is 9.20. The number of pyridine rings is 1. The molecule has 0 bridgehead atoms. The van der Waals surface area contributed by atoms with E-state index in [0.29, 0.717) is 18.2 Å². The van der Waals surface area contributed by atoms with Crippen LogP contribution in [0.25, 0.3) is 38.8 Å². The maximum absolute atomic E-state index is 6.81. The van der Waals surface area contributed by atoms with Gasteiger partial charge in [0.2, 0.25) is 0 Å². The third kappa shape index (κ3) is 3.87. The smallest absolute Gasteiger partial charge is 0.119 e. The molecule has 36 heavy (non-hydrogen) atoms. The number of hydrogen-bond acceptors (Lipinski definition) is 5. The summed E-state index contributed by atoms with van der Waals surface area (Å²) in [5, 5.41) is 7.79. The van der Waals surface area contributed by atoms with Crippen molar-refractivity contribution in [2.24, 2.45) is 0 Å². The topological polar surface area (TPSA) is 52.4 Å². The second kappa shape index (κ2) is 9.12. The number of ether oxygens (including phenoxy) is 2. The van der Waals surface area contributed by atoms with Gasteiger partial charge in [-0.2, -0.15) is 5.10 Å². The Kier molecular flexibility index (Phi) is 5.78. The molecule has 0 radical (unpaired) electrons. The Morgan fingerprint density at radius 2 is 1.75 bits per heavy atom. The molecule has 5 aromatic rings. The van der Waals surface area contributed by atoms with Gasteiger partial charge in [0, 0.05) is 35.6 Å². The van der Waals surface area contributed by atoms with Gasteiger partial charge in [-0.15, -0.1) is 0 Å². The van der Waals surface area contributed by atoms with Gasteiger partial charge in [-0.1, -0.05) is 23.7 Å². The van der Waals surface area contributed by atoms with Crippen LogP contribution in [-0.4, -0.2) is 48.2 Å². The molecule has 1 aliphatic rings. The molecule has 6 rings (SSSR count). The number of morpholine rings is 1. The number of hydrogen-bond donors (Lipinski definition) is 0. The van der Waals surface area contributed by atoms with Crippen LogP contribution in [0, 0.1) is 13.8 Å². The Bertz CT molecular complexity index is 1600. The van der Waals surface area contributed by atoms with Crippen LogP contribution in [0.2, 0.25) is 5.02 Å². The average Bonchev–Trinajstić information content (AvgIpc) is 3.30. The summed E-state index contributed by atoms with van der Waals surface area (Å²) in [6.07, 6.45) is 1.91. The Balaban J connectivity index is 1.58. The predicted octanol–water partition coefficient (Wildman–Crippen LogP) is 6.36. The number of nitrogens with zero attached hydrogens (tertiary/aromatic N) is 4. The summed E-state index contributed by atoms with van der Waals surface area (Å²) in [5.41, 5.74) is 8.16. The SMILES string of the molecule is COc1ccc2ncc3c(-c4ccc(N5CCOCC5)c(Cl)c4)nn(-c4ccc(C)c(C)c4)c3c2c1. The third-order valence-corrected chi connectivity index (χ3v) is 7.32. The second-order valence-corrected chi connectivity index (χ2v) is 9.61. The monoisotopic (exact) mass is 498 g/mol. The third-order valence-electron chi connectivity index (χ3n) is 7.02. The zero-order valence-electron chi connectivity index (χ0n) is 20.6. The molecule has 0 atom stereocenters. The Morgan fingerprint density at radius 3 is 2.50 bits per heavy atom.